The Morgan fingerprint density at radius 1 is 1.10 bits per heavy atom. The molecule has 1 aliphatic rings. The summed E-state index contributed by atoms with van der Waals surface area (Å²) in [6.07, 6.45) is 4.26. The van der Waals surface area contributed by atoms with Crippen molar-refractivity contribution in [3.63, 3.8) is 0 Å². The second-order valence-electron chi connectivity index (χ2n) is 7.02. The third-order valence-corrected chi connectivity index (χ3v) is 4.93. The molecule has 1 amide bonds. The maximum absolute atomic E-state index is 12.8. The van der Waals surface area contributed by atoms with Crippen LogP contribution in [0.4, 0.5) is 0 Å². The van der Waals surface area contributed by atoms with Crippen molar-refractivity contribution in [2.24, 2.45) is 0 Å². The van der Waals surface area contributed by atoms with Crippen LogP contribution in [0, 0.1) is 6.92 Å². The predicted molar refractivity (Wildman–Crippen MR) is 113 cm³/mol. The number of aliphatic hydroxyl groups excluding tert-OH is 1. The first-order chi connectivity index (χ1) is 14.0. The number of carbonyl (C=O) groups excluding carboxylic acids is 2. The summed E-state index contributed by atoms with van der Waals surface area (Å²) in [5.41, 5.74) is 2.62. The van der Waals surface area contributed by atoms with Crippen LogP contribution < -0.4 is 0 Å². The summed E-state index contributed by atoms with van der Waals surface area (Å²) in [6, 6.07) is 16.2. The number of aryl methyl sites for hydroxylation is 1. The molecule has 29 heavy (non-hydrogen) atoms. The molecule has 150 valence electrons. The Kier molecular flexibility index (Phi) is 6.62. The van der Waals surface area contributed by atoms with Gasteiger partial charge in [0.1, 0.15) is 5.76 Å². The molecule has 0 spiro atoms. The van der Waals surface area contributed by atoms with E-state index in [1.54, 1.807) is 25.3 Å². The first kappa shape index (κ1) is 20.6. The van der Waals surface area contributed by atoms with Gasteiger partial charge in [-0.1, -0.05) is 72.3 Å². The molecule has 1 atom stereocenters. The molecule has 5 nitrogen and oxygen atoms in total. The van der Waals surface area contributed by atoms with Crippen molar-refractivity contribution < 1.29 is 19.4 Å². The third-order valence-electron chi connectivity index (χ3n) is 4.93. The maximum atomic E-state index is 12.8. The molecule has 2 aromatic carbocycles. The van der Waals surface area contributed by atoms with Gasteiger partial charge < -0.3 is 14.7 Å². The Bertz CT molecular complexity index is 929. The highest BCUT2D eigenvalue weighted by Crippen LogP contribution is 2.30. The van der Waals surface area contributed by atoms with E-state index < -0.39 is 17.7 Å². The van der Waals surface area contributed by atoms with Gasteiger partial charge in [-0.15, -0.1) is 0 Å². The zero-order chi connectivity index (χ0) is 20.8. The average molecular weight is 391 g/mol. The number of amides is 1. The number of nitrogens with zero attached hydrogens (tertiary/aromatic N) is 1. The molecule has 1 aliphatic heterocycles. The van der Waals surface area contributed by atoms with Gasteiger partial charge in [0.15, 0.2) is 0 Å². The molecule has 1 heterocycles. The van der Waals surface area contributed by atoms with Gasteiger partial charge in [0.2, 0.25) is 0 Å². The lowest BCUT2D eigenvalue weighted by Crippen LogP contribution is -2.34. The van der Waals surface area contributed by atoms with Gasteiger partial charge in [0.25, 0.3) is 11.7 Å². The van der Waals surface area contributed by atoms with Crippen molar-refractivity contribution in [1.29, 1.82) is 0 Å². The van der Waals surface area contributed by atoms with Crippen LogP contribution >= 0.6 is 0 Å². The summed E-state index contributed by atoms with van der Waals surface area (Å²) >= 11 is 0. The largest absolute Gasteiger partial charge is 0.507 e. The third kappa shape index (κ3) is 4.63. The van der Waals surface area contributed by atoms with Crippen LogP contribution in [-0.2, 0) is 14.3 Å². The van der Waals surface area contributed by atoms with E-state index in [2.05, 4.69) is 0 Å². The zero-order valence-corrected chi connectivity index (χ0v) is 16.7. The molecule has 1 unspecified atom stereocenters. The summed E-state index contributed by atoms with van der Waals surface area (Å²) in [7, 11) is 1.60. The van der Waals surface area contributed by atoms with Crippen molar-refractivity contribution in [3.8, 4) is 0 Å². The smallest absolute Gasteiger partial charge is 0.295 e. The summed E-state index contributed by atoms with van der Waals surface area (Å²) in [5.74, 6) is -1.42. The monoisotopic (exact) mass is 391 g/mol. The Hall–Kier alpha value is -3.18. The molecular weight excluding hydrogens is 366 g/mol. The zero-order valence-electron chi connectivity index (χ0n) is 16.7. The van der Waals surface area contributed by atoms with Crippen molar-refractivity contribution >= 4 is 23.5 Å². The Morgan fingerprint density at radius 2 is 1.79 bits per heavy atom. The quantitative estimate of drug-likeness (QED) is 0.337. The topological polar surface area (TPSA) is 66.8 Å². The molecule has 2 aromatic rings. The van der Waals surface area contributed by atoms with E-state index in [9.17, 15) is 14.7 Å². The second kappa shape index (κ2) is 9.34. The highest BCUT2D eigenvalue weighted by molar-refractivity contribution is 6.47. The molecule has 3 rings (SSSR count). The molecule has 1 saturated heterocycles. The second-order valence-corrected chi connectivity index (χ2v) is 7.02. The number of Topliss-reactive ketones (excluding diaryl/α,β-unsaturated/α-hetero) is 1. The SMILES string of the molecule is COCCCN1C(=O)C(=O)/C(=C(\O)c2ccc(C)cc2)C1/C=C/c1ccccc1. The maximum Gasteiger partial charge on any atom is 0.295 e. The predicted octanol–water partition coefficient (Wildman–Crippen LogP) is 3.79. The number of methoxy groups -OCH3 is 1. The lowest BCUT2D eigenvalue weighted by atomic mass is 9.99. The molecule has 1 fully saturated rings. The molecule has 5 heteroatoms. The number of benzene rings is 2. The van der Waals surface area contributed by atoms with Crippen LogP contribution in [0.2, 0.25) is 0 Å². The van der Waals surface area contributed by atoms with Gasteiger partial charge in [-0.25, -0.2) is 0 Å². The number of rotatable bonds is 7. The Balaban J connectivity index is 2.02. The summed E-state index contributed by atoms with van der Waals surface area (Å²) in [4.78, 5) is 27.0. The van der Waals surface area contributed by atoms with E-state index in [0.717, 1.165) is 11.1 Å². The van der Waals surface area contributed by atoms with Crippen molar-refractivity contribution in [2.45, 2.75) is 19.4 Å². The fourth-order valence-electron chi connectivity index (χ4n) is 3.36. The molecule has 0 radical (unpaired) electrons. The standard InChI is InChI=1S/C24H25NO4/c1-17-9-12-19(13-10-17)22(26)21-20(14-11-18-7-4-3-5-8-18)25(15-6-16-29-2)24(28)23(21)27/h3-5,7-14,20,26H,6,15-16H2,1-2H3/b14-11+,22-21-. The first-order valence-electron chi connectivity index (χ1n) is 9.60. The number of ketones is 1. The lowest BCUT2D eigenvalue weighted by Gasteiger charge is -2.22. The van der Waals surface area contributed by atoms with Crippen LogP contribution in [-0.4, -0.2) is 48.0 Å². The van der Waals surface area contributed by atoms with Crippen LogP contribution in [0.5, 0.6) is 0 Å². The minimum atomic E-state index is -0.664. The summed E-state index contributed by atoms with van der Waals surface area (Å²) in [6.45, 7) is 2.80. The van der Waals surface area contributed by atoms with E-state index in [1.165, 1.54) is 4.90 Å². The van der Waals surface area contributed by atoms with Crippen molar-refractivity contribution in [3.05, 3.63) is 82.9 Å². The van der Waals surface area contributed by atoms with E-state index in [4.69, 9.17) is 4.74 Å². The average Bonchev–Trinajstić information content (AvgIpc) is 2.97. The fraction of sp³-hybridized carbons (Fsp3) is 0.250. The van der Waals surface area contributed by atoms with Gasteiger partial charge in [-0.05, 0) is 18.9 Å². The fourth-order valence-corrected chi connectivity index (χ4v) is 3.36. The van der Waals surface area contributed by atoms with E-state index in [1.807, 2.05) is 55.5 Å². The van der Waals surface area contributed by atoms with Gasteiger partial charge in [0, 0.05) is 25.8 Å². The number of ether oxygens (including phenoxy) is 1. The number of likely N-dealkylation sites (tertiary alicyclic amines) is 1. The first-order valence-corrected chi connectivity index (χ1v) is 9.60. The Labute approximate surface area is 170 Å². The number of hydrogen-bond acceptors (Lipinski definition) is 4. The number of carbonyl (C=O) groups is 2. The normalized spacial score (nSPS) is 18.7. The van der Waals surface area contributed by atoms with Crippen LogP contribution in [0.15, 0.2) is 66.2 Å². The highest BCUT2D eigenvalue weighted by Gasteiger charge is 2.43. The number of aliphatic hydroxyl groups is 1. The van der Waals surface area contributed by atoms with Crippen LogP contribution in [0.1, 0.15) is 23.1 Å². The van der Waals surface area contributed by atoms with Crippen LogP contribution in [0.25, 0.3) is 11.8 Å². The summed E-state index contributed by atoms with van der Waals surface area (Å²) < 4.78 is 5.08. The summed E-state index contributed by atoms with van der Waals surface area (Å²) in [5, 5.41) is 10.9. The van der Waals surface area contributed by atoms with Crippen LogP contribution in [0.3, 0.4) is 0 Å². The Morgan fingerprint density at radius 3 is 2.45 bits per heavy atom. The molecule has 0 bridgehead atoms. The van der Waals surface area contributed by atoms with Gasteiger partial charge in [0.05, 0.1) is 11.6 Å². The van der Waals surface area contributed by atoms with E-state index >= 15 is 0 Å². The molecule has 0 saturated carbocycles. The molecule has 1 N–H and O–H groups in total. The van der Waals surface area contributed by atoms with E-state index in [-0.39, 0.29) is 11.3 Å². The minimum Gasteiger partial charge on any atom is -0.507 e. The molecule has 0 aliphatic carbocycles. The lowest BCUT2D eigenvalue weighted by molar-refractivity contribution is -0.139. The van der Waals surface area contributed by atoms with Gasteiger partial charge >= 0.3 is 0 Å². The van der Waals surface area contributed by atoms with E-state index in [0.29, 0.717) is 25.1 Å². The van der Waals surface area contributed by atoms with Crippen molar-refractivity contribution in [1.82, 2.24) is 4.90 Å². The molecular formula is C24H25NO4. The number of hydrogen-bond donors (Lipinski definition) is 1. The minimum absolute atomic E-state index is 0.114. The highest BCUT2D eigenvalue weighted by atomic mass is 16.5. The molecule has 0 aromatic heterocycles. The van der Waals surface area contributed by atoms with Gasteiger partial charge in [-0.3, -0.25) is 9.59 Å². The van der Waals surface area contributed by atoms with Crippen molar-refractivity contribution in [2.75, 3.05) is 20.3 Å². The van der Waals surface area contributed by atoms with Gasteiger partial charge in [-0.2, -0.15) is 0 Å².